The highest BCUT2D eigenvalue weighted by molar-refractivity contribution is 5.58. The number of likely N-dealkylation sites (tertiary alicyclic amines) is 1. The molecule has 0 atom stereocenters. The second-order valence-corrected chi connectivity index (χ2v) is 8.11. The molecular weight excluding hydrogens is 353 g/mol. The molecule has 0 aromatic heterocycles. The molecule has 150 valence electrons. The van der Waals surface area contributed by atoms with Crippen LogP contribution >= 0.6 is 0 Å². The van der Waals surface area contributed by atoms with E-state index in [1.165, 1.54) is 36.5 Å². The van der Waals surface area contributed by atoms with E-state index in [2.05, 4.69) is 17.0 Å². The lowest BCUT2D eigenvalue weighted by atomic mass is 10.0. The Morgan fingerprint density at radius 2 is 1.64 bits per heavy atom. The van der Waals surface area contributed by atoms with E-state index in [-0.39, 0.29) is 5.82 Å². The van der Waals surface area contributed by atoms with Crippen molar-refractivity contribution in [3.8, 4) is 5.75 Å². The summed E-state index contributed by atoms with van der Waals surface area (Å²) < 4.78 is 19.4. The molecule has 0 aliphatic carbocycles. The first-order valence-corrected chi connectivity index (χ1v) is 10.5. The number of piperazine rings is 1. The van der Waals surface area contributed by atoms with Gasteiger partial charge >= 0.3 is 0 Å². The third-order valence-electron chi connectivity index (χ3n) is 6.50. The molecular formula is C23H32FN3O+2. The van der Waals surface area contributed by atoms with Gasteiger partial charge in [-0.25, -0.2) is 4.39 Å². The summed E-state index contributed by atoms with van der Waals surface area (Å²) in [6.07, 6.45) is 2.49. The first-order chi connectivity index (χ1) is 13.7. The minimum absolute atomic E-state index is 0.0600. The van der Waals surface area contributed by atoms with E-state index in [9.17, 15) is 4.39 Å². The van der Waals surface area contributed by atoms with Crippen molar-refractivity contribution in [3.05, 3.63) is 59.9 Å². The van der Waals surface area contributed by atoms with Crippen LogP contribution in [0.3, 0.4) is 0 Å². The Bertz CT molecular complexity index is 768. The zero-order valence-electron chi connectivity index (χ0n) is 16.8. The van der Waals surface area contributed by atoms with Crippen LogP contribution in [0.1, 0.15) is 18.4 Å². The number of rotatable bonds is 5. The number of ether oxygens (including phenoxy) is 1. The molecule has 2 aliphatic heterocycles. The van der Waals surface area contributed by atoms with Crippen LogP contribution in [0, 0.1) is 5.82 Å². The first-order valence-electron chi connectivity index (χ1n) is 10.5. The summed E-state index contributed by atoms with van der Waals surface area (Å²) in [6.45, 7) is 7.65. The molecule has 4 rings (SSSR count). The lowest BCUT2D eigenvalue weighted by Gasteiger charge is -2.40. The molecule has 2 aromatic rings. The van der Waals surface area contributed by atoms with Gasteiger partial charge in [-0.1, -0.05) is 30.3 Å². The maximum atomic E-state index is 13.9. The van der Waals surface area contributed by atoms with Gasteiger partial charge in [-0.05, 0) is 18.2 Å². The van der Waals surface area contributed by atoms with E-state index < -0.39 is 0 Å². The van der Waals surface area contributed by atoms with Crippen LogP contribution in [0.5, 0.6) is 5.75 Å². The average Bonchev–Trinajstić information content (AvgIpc) is 2.76. The monoisotopic (exact) mass is 385 g/mol. The van der Waals surface area contributed by atoms with Gasteiger partial charge in [0, 0.05) is 18.4 Å². The molecule has 0 radical (unpaired) electrons. The molecule has 5 heteroatoms. The van der Waals surface area contributed by atoms with Crippen molar-refractivity contribution < 1.29 is 18.9 Å². The van der Waals surface area contributed by atoms with Gasteiger partial charge in [-0.2, -0.15) is 0 Å². The maximum absolute atomic E-state index is 13.9. The van der Waals surface area contributed by atoms with Crippen molar-refractivity contribution in [1.82, 2.24) is 0 Å². The van der Waals surface area contributed by atoms with Gasteiger partial charge in [0.1, 0.15) is 18.1 Å². The van der Waals surface area contributed by atoms with Crippen LogP contribution < -0.4 is 19.4 Å². The Hall–Kier alpha value is -2.11. The van der Waals surface area contributed by atoms with Crippen LogP contribution in [0.4, 0.5) is 10.1 Å². The Morgan fingerprint density at radius 3 is 2.36 bits per heavy atom. The Balaban J connectivity index is 1.27. The van der Waals surface area contributed by atoms with E-state index >= 15 is 0 Å². The van der Waals surface area contributed by atoms with Gasteiger partial charge in [0.05, 0.1) is 58.1 Å². The molecule has 4 nitrogen and oxygen atoms in total. The predicted octanol–water partition coefficient (Wildman–Crippen LogP) is 0.787. The van der Waals surface area contributed by atoms with Gasteiger partial charge in [0.15, 0.2) is 0 Å². The number of quaternary nitrogens is 2. The third-order valence-corrected chi connectivity index (χ3v) is 6.50. The van der Waals surface area contributed by atoms with Gasteiger partial charge in [0.2, 0.25) is 0 Å². The normalized spacial score (nSPS) is 23.6. The van der Waals surface area contributed by atoms with E-state index in [1.807, 2.05) is 24.3 Å². The van der Waals surface area contributed by atoms with Gasteiger partial charge in [-0.3, -0.25) is 0 Å². The molecule has 0 bridgehead atoms. The van der Waals surface area contributed by atoms with Gasteiger partial charge in [0.25, 0.3) is 0 Å². The van der Waals surface area contributed by atoms with Crippen molar-refractivity contribution >= 4 is 5.69 Å². The summed E-state index contributed by atoms with van der Waals surface area (Å²) in [7, 11) is 1.75. The highest BCUT2D eigenvalue weighted by Crippen LogP contribution is 2.27. The number of nitrogens with zero attached hydrogens (tertiary/aromatic N) is 1. The van der Waals surface area contributed by atoms with E-state index in [4.69, 9.17) is 4.74 Å². The summed E-state index contributed by atoms with van der Waals surface area (Å²) in [5, 5.41) is 0. The molecule has 0 unspecified atom stereocenters. The van der Waals surface area contributed by atoms with Gasteiger partial charge in [-0.15, -0.1) is 0 Å². The topological polar surface area (TPSA) is 21.4 Å². The Kier molecular flexibility index (Phi) is 6.13. The smallest absolute Gasteiger partial charge is 0.142 e. The van der Waals surface area contributed by atoms with E-state index in [0.717, 1.165) is 50.1 Å². The molecule has 2 fully saturated rings. The second kappa shape index (κ2) is 8.93. The second-order valence-electron chi connectivity index (χ2n) is 8.11. The lowest BCUT2D eigenvalue weighted by molar-refractivity contribution is -0.963. The molecule has 28 heavy (non-hydrogen) atoms. The number of methoxy groups -OCH3 is 1. The van der Waals surface area contributed by atoms with Crippen LogP contribution in [0.15, 0.2) is 48.5 Å². The van der Waals surface area contributed by atoms with Crippen LogP contribution in [0.25, 0.3) is 0 Å². The van der Waals surface area contributed by atoms with Crippen molar-refractivity contribution in [1.29, 1.82) is 0 Å². The number of benzene rings is 2. The molecule has 0 spiro atoms. The quantitative estimate of drug-likeness (QED) is 0.794. The van der Waals surface area contributed by atoms with Crippen molar-refractivity contribution in [2.45, 2.75) is 25.4 Å². The summed E-state index contributed by atoms with van der Waals surface area (Å²) in [6, 6.07) is 16.3. The van der Waals surface area contributed by atoms with Crippen molar-refractivity contribution in [2.24, 2.45) is 0 Å². The minimum atomic E-state index is -0.0600. The standard InChI is InChI=1S/C23H30FN3O/c1-28-23-9-5-4-8-22(23)27-16-14-26(15-17-27)20-10-12-25(13-11-20)18-19-6-2-3-7-21(19)24/h2-9,20H,10-18H2,1H3/p+2. The van der Waals surface area contributed by atoms with E-state index in [1.54, 1.807) is 24.1 Å². The first kappa shape index (κ1) is 19.2. The molecule has 0 amide bonds. The fraction of sp³-hybridized carbons (Fsp3) is 0.478. The molecule has 2 aromatic carbocycles. The predicted molar refractivity (Wildman–Crippen MR) is 110 cm³/mol. The zero-order chi connectivity index (χ0) is 19.3. The van der Waals surface area contributed by atoms with E-state index in [0.29, 0.717) is 0 Å². The number of hydrogen-bond donors (Lipinski definition) is 2. The largest absolute Gasteiger partial charge is 0.495 e. The summed E-state index contributed by atoms with van der Waals surface area (Å²) in [5.41, 5.74) is 2.07. The Labute approximate surface area is 167 Å². The molecule has 2 aliphatic rings. The van der Waals surface area contributed by atoms with Gasteiger partial charge < -0.3 is 19.4 Å². The highest BCUT2D eigenvalue weighted by atomic mass is 19.1. The molecule has 2 saturated heterocycles. The fourth-order valence-electron chi connectivity index (χ4n) is 4.86. The lowest BCUT2D eigenvalue weighted by Crippen LogP contribution is -3.21. The molecule has 2 N–H and O–H groups in total. The summed E-state index contributed by atoms with van der Waals surface area (Å²) in [5.74, 6) is 0.909. The number of nitrogens with one attached hydrogen (secondary N) is 2. The van der Waals surface area contributed by atoms with Crippen LogP contribution in [0.2, 0.25) is 0 Å². The van der Waals surface area contributed by atoms with Crippen LogP contribution in [-0.2, 0) is 6.54 Å². The number of hydrogen-bond acceptors (Lipinski definition) is 2. The summed E-state index contributed by atoms with van der Waals surface area (Å²) in [4.78, 5) is 5.73. The molecule has 0 saturated carbocycles. The van der Waals surface area contributed by atoms with Crippen LogP contribution in [-0.4, -0.2) is 52.4 Å². The van der Waals surface area contributed by atoms with Crippen molar-refractivity contribution in [2.75, 3.05) is 51.3 Å². The number of halogens is 1. The zero-order valence-corrected chi connectivity index (χ0v) is 16.8. The van der Waals surface area contributed by atoms with Crippen molar-refractivity contribution in [3.63, 3.8) is 0 Å². The highest BCUT2D eigenvalue weighted by Gasteiger charge is 2.33. The number of para-hydroxylation sites is 2. The average molecular weight is 386 g/mol. The minimum Gasteiger partial charge on any atom is -0.495 e. The maximum Gasteiger partial charge on any atom is 0.142 e. The number of piperidine rings is 1. The third kappa shape index (κ3) is 4.31. The molecule has 2 heterocycles. The number of anilines is 1. The fourth-order valence-corrected chi connectivity index (χ4v) is 4.86. The Morgan fingerprint density at radius 1 is 0.964 bits per heavy atom. The SMILES string of the molecule is COc1ccccc1N1CC[NH+](C2CC[NH+](Cc3ccccc3F)CC2)CC1. The summed E-state index contributed by atoms with van der Waals surface area (Å²) >= 11 is 0.